The molecule has 19 heavy (non-hydrogen) atoms. The average molecular weight is 265 g/mol. The Labute approximate surface area is 109 Å². The third-order valence-corrected chi connectivity index (χ3v) is 3.13. The van der Waals surface area contributed by atoms with Crippen molar-refractivity contribution in [1.82, 2.24) is 4.57 Å². The number of hydrogen-bond acceptors (Lipinski definition) is 1. The standard InChI is InChI=1S/C14H13F2NO2/c1-7-4-12(16)13(6-11(7)15)17-8(2)5-10(9(17)3)14(18)19/h4-6H,1-3H3,(H,18,19). The molecule has 5 heteroatoms. The van der Waals surface area contributed by atoms with Gasteiger partial charge in [0, 0.05) is 17.5 Å². The molecule has 0 radical (unpaired) electrons. The van der Waals surface area contributed by atoms with Gasteiger partial charge < -0.3 is 9.67 Å². The summed E-state index contributed by atoms with van der Waals surface area (Å²) in [5.41, 5.74) is 1.22. The van der Waals surface area contributed by atoms with E-state index in [1.807, 2.05) is 0 Å². The van der Waals surface area contributed by atoms with Crippen molar-refractivity contribution in [3.63, 3.8) is 0 Å². The fourth-order valence-electron chi connectivity index (χ4n) is 2.16. The predicted octanol–water partition coefficient (Wildman–Crippen LogP) is 3.38. The molecule has 0 aliphatic carbocycles. The van der Waals surface area contributed by atoms with E-state index in [0.717, 1.165) is 12.1 Å². The molecule has 0 saturated carbocycles. The predicted molar refractivity (Wildman–Crippen MR) is 66.9 cm³/mol. The zero-order chi connectivity index (χ0) is 14.3. The first kappa shape index (κ1) is 13.3. The Hall–Kier alpha value is -2.17. The molecule has 1 aromatic carbocycles. The zero-order valence-electron chi connectivity index (χ0n) is 10.8. The summed E-state index contributed by atoms with van der Waals surface area (Å²) in [5, 5.41) is 9.04. The SMILES string of the molecule is Cc1cc(F)c(-n2c(C)cc(C(=O)O)c2C)cc1F. The first-order chi connectivity index (χ1) is 8.82. The van der Waals surface area contributed by atoms with Gasteiger partial charge in [0.1, 0.15) is 11.6 Å². The summed E-state index contributed by atoms with van der Waals surface area (Å²) in [6.45, 7) is 4.69. The Balaban J connectivity index is 2.73. The van der Waals surface area contributed by atoms with Crippen LogP contribution in [0.2, 0.25) is 0 Å². The molecule has 0 atom stereocenters. The molecule has 0 bridgehead atoms. The first-order valence-electron chi connectivity index (χ1n) is 5.71. The van der Waals surface area contributed by atoms with Crippen LogP contribution >= 0.6 is 0 Å². The van der Waals surface area contributed by atoms with Crippen molar-refractivity contribution in [3.8, 4) is 5.69 Å². The summed E-state index contributed by atoms with van der Waals surface area (Å²) in [7, 11) is 0. The van der Waals surface area contributed by atoms with Crippen LogP contribution in [0.25, 0.3) is 5.69 Å². The Morgan fingerprint density at radius 2 is 1.74 bits per heavy atom. The maximum absolute atomic E-state index is 14.0. The number of halogens is 2. The van der Waals surface area contributed by atoms with Gasteiger partial charge in [-0.15, -0.1) is 0 Å². The van der Waals surface area contributed by atoms with Gasteiger partial charge in [-0.05, 0) is 38.5 Å². The lowest BCUT2D eigenvalue weighted by atomic mass is 10.2. The number of aryl methyl sites for hydroxylation is 2. The van der Waals surface area contributed by atoms with Crippen molar-refractivity contribution in [2.45, 2.75) is 20.8 Å². The van der Waals surface area contributed by atoms with E-state index in [1.165, 1.54) is 17.6 Å². The molecule has 0 fully saturated rings. The minimum Gasteiger partial charge on any atom is -0.478 e. The number of rotatable bonds is 2. The van der Waals surface area contributed by atoms with E-state index >= 15 is 0 Å². The highest BCUT2D eigenvalue weighted by Crippen LogP contribution is 2.24. The highest BCUT2D eigenvalue weighted by Gasteiger charge is 2.18. The highest BCUT2D eigenvalue weighted by molar-refractivity contribution is 5.89. The topological polar surface area (TPSA) is 42.2 Å². The van der Waals surface area contributed by atoms with Gasteiger partial charge in [-0.25, -0.2) is 13.6 Å². The van der Waals surface area contributed by atoms with E-state index in [2.05, 4.69) is 0 Å². The average Bonchev–Trinajstić information content (AvgIpc) is 2.60. The summed E-state index contributed by atoms with van der Waals surface area (Å²) < 4.78 is 28.9. The summed E-state index contributed by atoms with van der Waals surface area (Å²) >= 11 is 0. The minimum atomic E-state index is -1.09. The van der Waals surface area contributed by atoms with Crippen molar-refractivity contribution in [3.05, 3.63) is 52.3 Å². The first-order valence-corrected chi connectivity index (χ1v) is 5.71. The van der Waals surface area contributed by atoms with Crippen molar-refractivity contribution in [2.75, 3.05) is 0 Å². The maximum Gasteiger partial charge on any atom is 0.337 e. The van der Waals surface area contributed by atoms with Crippen LogP contribution < -0.4 is 0 Å². The number of nitrogens with zero attached hydrogens (tertiary/aromatic N) is 1. The molecule has 3 nitrogen and oxygen atoms in total. The number of carboxylic acids is 1. The molecule has 0 amide bonds. The number of aromatic carboxylic acids is 1. The molecule has 0 unspecified atom stereocenters. The van der Waals surface area contributed by atoms with E-state index in [-0.39, 0.29) is 16.8 Å². The fraction of sp³-hybridized carbons (Fsp3) is 0.214. The van der Waals surface area contributed by atoms with Crippen molar-refractivity contribution in [1.29, 1.82) is 0 Å². The Kier molecular flexibility index (Phi) is 3.14. The van der Waals surface area contributed by atoms with Gasteiger partial charge in [0.2, 0.25) is 0 Å². The van der Waals surface area contributed by atoms with Gasteiger partial charge in [0.15, 0.2) is 0 Å². The number of carbonyl (C=O) groups is 1. The lowest BCUT2D eigenvalue weighted by Gasteiger charge is -2.12. The molecule has 1 heterocycles. The zero-order valence-corrected chi connectivity index (χ0v) is 10.8. The maximum atomic E-state index is 14.0. The van der Waals surface area contributed by atoms with Gasteiger partial charge in [0.05, 0.1) is 11.3 Å². The molecular formula is C14H13F2NO2. The second-order valence-corrected chi connectivity index (χ2v) is 4.48. The molecule has 0 aliphatic heterocycles. The molecule has 0 aliphatic rings. The summed E-state index contributed by atoms with van der Waals surface area (Å²) in [6.07, 6.45) is 0. The van der Waals surface area contributed by atoms with Crippen LogP contribution in [0.15, 0.2) is 18.2 Å². The molecule has 2 aromatic rings. The van der Waals surface area contributed by atoms with Crippen LogP contribution in [0, 0.1) is 32.4 Å². The van der Waals surface area contributed by atoms with E-state index in [4.69, 9.17) is 5.11 Å². The number of benzene rings is 1. The van der Waals surface area contributed by atoms with Crippen LogP contribution in [-0.2, 0) is 0 Å². The minimum absolute atomic E-state index is 0.0191. The normalized spacial score (nSPS) is 10.8. The number of carboxylic acid groups (broad SMARTS) is 1. The van der Waals surface area contributed by atoms with E-state index in [9.17, 15) is 13.6 Å². The van der Waals surface area contributed by atoms with Gasteiger partial charge in [0.25, 0.3) is 0 Å². The third kappa shape index (κ3) is 2.12. The quantitative estimate of drug-likeness (QED) is 0.904. The number of hydrogen-bond donors (Lipinski definition) is 1. The Bertz CT molecular complexity index is 675. The van der Waals surface area contributed by atoms with E-state index < -0.39 is 17.6 Å². The fourth-order valence-corrected chi connectivity index (χ4v) is 2.16. The van der Waals surface area contributed by atoms with E-state index in [0.29, 0.717) is 11.4 Å². The van der Waals surface area contributed by atoms with Gasteiger partial charge in [-0.2, -0.15) is 0 Å². The second kappa shape index (κ2) is 4.50. The molecule has 0 saturated heterocycles. The number of aromatic nitrogens is 1. The molecule has 2 rings (SSSR count). The molecular weight excluding hydrogens is 252 g/mol. The van der Waals surface area contributed by atoms with Crippen molar-refractivity contribution < 1.29 is 18.7 Å². The summed E-state index contributed by atoms with van der Waals surface area (Å²) in [4.78, 5) is 11.0. The molecule has 1 aromatic heterocycles. The Morgan fingerprint density at radius 3 is 2.26 bits per heavy atom. The lowest BCUT2D eigenvalue weighted by molar-refractivity contribution is 0.0696. The molecule has 1 N–H and O–H groups in total. The third-order valence-electron chi connectivity index (χ3n) is 3.13. The van der Waals surface area contributed by atoms with Crippen LogP contribution in [0.3, 0.4) is 0 Å². The van der Waals surface area contributed by atoms with Gasteiger partial charge >= 0.3 is 5.97 Å². The highest BCUT2D eigenvalue weighted by atomic mass is 19.1. The molecule has 100 valence electrons. The van der Waals surface area contributed by atoms with Crippen molar-refractivity contribution >= 4 is 5.97 Å². The second-order valence-electron chi connectivity index (χ2n) is 4.48. The summed E-state index contributed by atoms with van der Waals surface area (Å²) in [6, 6.07) is 3.62. The van der Waals surface area contributed by atoms with Gasteiger partial charge in [-0.3, -0.25) is 0 Å². The van der Waals surface area contributed by atoms with Gasteiger partial charge in [-0.1, -0.05) is 0 Å². The van der Waals surface area contributed by atoms with Crippen molar-refractivity contribution in [2.24, 2.45) is 0 Å². The molecule has 0 spiro atoms. The monoisotopic (exact) mass is 265 g/mol. The lowest BCUT2D eigenvalue weighted by Crippen LogP contribution is -2.05. The summed E-state index contributed by atoms with van der Waals surface area (Å²) in [5.74, 6) is -2.20. The van der Waals surface area contributed by atoms with Crippen LogP contribution in [0.4, 0.5) is 8.78 Å². The largest absolute Gasteiger partial charge is 0.478 e. The smallest absolute Gasteiger partial charge is 0.337 e. The van der Waals surface area contributed by atoms with Crippen LogP contribution in [-0.4, -0.2) is 15.6 Å². The Morgan fingerprint density at radius 1 is 1.11 bits per heavy atom. The van der Waals surface area contributed by atoms with E-state index in [1.54, 1.807) is 13.8 Å². The van der Waals surface area contributed by atoms with Crippen LogP contribution in [0.5, 0.6) is 0 Å². The van der Waals surface area contributed by atoms with Crippen LogP contribution in [0.1, 0.15) is 27.3 Å².